The van der Waals surface area contributed by atoms with Crippen molar-refractivity contribution in [3.8, 4) is 5.75 Å². The van der Waals surface area contributed by atoms with Crippen LogP contribution < -0.4 is 10.1 Å². The lowest BCUT2D eigenvalue weighted by atomic mass is 10.1. The lowest BCUT2D eigenvalue weighted by Gasteiger charge is -2.22. The lowest BCUT2D eigenvalue weighted by molar-refractivity contribution is -0.385. The zero-order valence-electron chi connectivity index (χ0n) is 15.5. The van der Waals surface area contributed by atoms with E-state index in [-0.39, 0.29) is 42.4 Å². The number of esters is 1. The topological polar surface area (TPSA) is 128 Å². The van der Waals surface area contributed by atoms with E-state index >= 15 is 0 Å². The monoisotopic (exact) mass is 381 g/mol. The van der Waals surface area contributed by atoms with Crippen molar-refractivity contribution in [3.05, 3.63) is 33.9 Å². The molecule has 0 radical (unpaired) electrons. The van der Waals surface area contributed by atoms with Crippen LogP contribution in [0, 0.1) is 10.1 Å². The summed E-state index contributed by atoms with van der Waals surface area (Å²) in [4.78, 5) is 47.0. The van der Waals surface area contributed by atoms with E-state index < -0.39 is 16.8 Å². The Bertz CT molecular complexity index is 706. The number of carbonyl (C=O) groups is 3. The van der Waals surface area contributed by atoms with Gasteiger partial charge < -0.3 is 19.7 Å². The van der Waals surface area contributed by atoms with Crippen molar-refractivity contribution in [1.82, 2.24) is 10.2 Å². The van der Waals surface area contributed by atoms with Gasteiger partial charge in [-0.1, -0.05) is 0 Å². The summed E-state index contributed by atoms with van der Waals surface area (Å²) >= 11 is 0. The fraction of sp³-hybridized carbons (Fsp3) is 0.471. The summed E-state index contributed by atoms with van der Waals surface area (Å²) in [5.41, 5.74) is -0.221. The molecular formula is C17H23N3O7. The second kappa shape index (κ2) is 10.7. The van der Waals surface area contributed by atoms with Gasteiger partial charge in [-0.2, -0.15) is 0 Å². The highest BCUT2D eigenvalue weighted by atomic mass is 16.6. The number of nitrogens with zero attached hydrogens (tertiary/aromatic N) is 2. The number of hydrogen-bond acceptors (Lipinski definition) is 7. The van der Waals surface area contributed by atoms with Crippen LogP contribution in [-0.4, -0.2) is 61.5 Å². The molecule has 0 saturated carbocycles. The Kier molecular flexibility index (Phi) is 8.70. The molecule has 1 aromatic carbocycles. The summed E-state index contributed by atoms with van der Waals surface area (Å²) in [6.07, 6.45) is 0.450. The Hall–Kier alpha value is -3.17. The SMILES string of the molecule is COC(=O)CCN(CCCNC(C)=O)C(=O)c1ccc(OC)c([N+](=O)[O-])c1. The number of ether oxygens (including phenoxy) is 2. The van der Waals surface area contributed by atoms with Gasteiger partial charge in [0.15, 0.2) is 5.75 Å². The Morgan fingerprint density at radius 1 is 1.22 bits per heavy atom. The lowest BCUT2D eigenvalue weighted by Crippen LogP contribution is -2.35. The third kappa shape index (κ3) is 6.92. The second-order valence-corrected chi connectivity index (χ2v) is 5.60. The highest BCUT2D eigenvalue weighted by molar-refractivity contribution is 5.95. The quantitative estimate of drug-likeness (QED) is 0.278. The van der Waals surface area contributed by atoms with Gasteiger partial charge in [0.25, 0.3) is 5.91 Å². The fourth-order valence-corrected chi connectivity index (χ4v) is 2.33. The first-order valence-corrected chi connectivity index (χ1v) is 8.23. The summed E-state index contributed by atoms with van der Waals surface area (Å²) in [5.74, 6) is -1.08. The number of methoxy groups -OCH3 is 2. The van der Waals surface area contributed by atoms with Crippen molar-refractivity contribution in [2.45, 2.75) is 19.8 Å². The van der Waals surface area contributed by atoms with Gasteiger partial charge in [0.1, 0.15) is 0 Å². The summed E-state index contributed by atoms with van der Waals surface area (Å²) in [7, 11) is 2.55. The number of hydrogen-bond donors (Lipinski definition) is 1. The van der Waals surface area contributed by atoms with Crippen LogP contribution in [-0.2, 0) is 14.3 Å². The third-order valence-corrected chi connectivity index (χ3v) is 3.70. The van der Waals surface area contributed by atoms with Gasteiger partial charge in [0.2, 0.25) is 5.91 Å². The van der Waals surface area contributed by atoms with E-state index in [0.29, 0.717) is 13.0 Å². The number of benzene rings is 1. The first-order valence-electron chi connectivity index (χ1n) is 8.23. The maximum Gasteiger partial charge on any atom is 0.311 e. The standard InChI is InChI=1S/C17H23N3O7/c1-12(21)18-8-4-9-19(10-7-16(22)27-3)17(23)13-5-6-15(26-2)14(11-13)20(24)25/h5-6,11H,4,7-10H2,1-3H3,(H,18,21). The summed E-state index contributed by atoms with van der Waals surface area (Å²) < 4.78 is 9.51. The van der Waals surface area contributed by atoms with E-state index in [9.17, 15) is 24.5 Å². The zero-order chi connectivity index (χ0) is 20.4. The van der Waals surface area contributed by atoms with Gasteiger partial charge in [-0.25, -0.2) is 0 Å². The fourth-order valence-electron chi connectivity index (χ4n) is 2.33. The molecule has 1 N–H and O–H groups in total. The second-order valence-electron chi connectivity index (χ2n) is 5.60. The number of nitrogens with one attached hydrogen (secondary N) is 1. The Morgan fingerprint density at radius 2 is 1.93 bits per heavy atom. The maximum absolute atomic E-state index is 12.8. The molecule has 148 valence electrons. The first kappa shape index (κ1) is 21.9. The zero-order valence-corrected chi connectivity index (χ0v) is 15.5. The molecule has 1 rings (SSSR count). The average molecular weight is 381 g/mol. The number of nitro benzene ring substituents is 1. The highest BCUT2D eigenvalue weighted by Crippen LogP contribution is 2.28. The van der Waals surface area contributed by atoms with Gasteiger partial charge in [0.05, 0.1) is 25.6 Å². The van der Waals surface area contributed by atoms with E-state index in [1.165, 1.54) is 38.2 Å². The molecule has 0 aromatic heterocycles. The molecule has 0 spiro atoms. The molecule has 0 aliphatic carbocycles. The van der Waals surface area contributed by atoms with Crippen molar-refractivity contribution in [3.63, 3.8) is 0 Å². The van der Waals surface area contributed by atoms with Crippen molar-refractivity contribution in [2.24, 2.45) is 0 Å². The normalized spacial score (nSPS) is 10.0. The van der Waals surface area contributed by atoms with E-state index in [0.717, 1.165) is 6.07 Å². The minimum absolute atomic E-state index is 0.0133. The van der Waals surface area contributed by atoms with Crippen LogP contribution >= 0.6 is 0 Å². The molecule has 0 unspecified atom stereocenters. The molecule has 2 amide bonds. The van der Waals surface area contributed by atoms with Crippen molar-refractivity contribution < 1.29 is 28.8 Å². The minimum atomic E-state index is -0.634. The molecule has 0 bridgehead atoms. The Balaban J connectivity index is 2.96. The molecule has 0 saturated heterocycles. The van der Waals surface area contributed by atoms with Crippen LogP contribution in [0.15, 0.2) is 18.2 Å². The molecule has 0 aliphatic rings. The number of carbonyl (C=O) groups excluding carboxylic acids is 3. The predicted octanol–water partition coefficient (Wildman–Crippen LogP) is 1.13. The molecule has 27 heavy (non-hydrogen) atoms. The van der Waals surface area contributed by atoms with Crippen molar-refractivity contribution in [1.29, 1.82) is 0 Å². The minimum Gasteiger partial charge on any atom is -0.490 e. The third-order valence-electron chi connectivity index (χ3n) is 3.70. The summed E-state index contributed by atoms with van der Waals surface area (Å²) in [6.45, 7) is 2.10. The highest BCUT2D eigenvalue weighted by Gasteiger charge is 2.22. The summed E-state index contributed by atoms with van der Waals surface area (Å²) in [6, 6.07) is 3.91. The first-order chi connectivity index (χ1) is 12.8. The van der Waals surface area contributed by atoms with E-state index in [4.69, 9.17) is 4.74 Å². The molecule has 1 aromatic rings. The Labute approximate surface area is 156 Å². The smallest absolute Gasteiger partial charge is 0.311 e. The number of nitro groups is 1. The van der Waals surface area contributed by atoms with E-state index in [1.807, 2.05) is 0 Å². The molecular weight excluding hydrogens is 358 g/mol. The molecule has 0 aliphatic heterocycles. The van der Waals surface area contributed by atoms with Crippen LogP contribution in [0.3, 0.4) is 0 Å². The van der Waals surface area contributed by atoms with Gasteiger partial charge in [-0.05, 0) is 18.6 Å². The Morgan fingerprint density at radius 3 is 2.48 bits per heavy atom. The number of rotatable bonds is 10. The van der Waals surface area contributed by atoms with E-state index in [1.54, 1.807) is 0 Å². The number of amides is 2. The summed E-state index contributed by atoms with van der Waals surface area (Å²) in [5, 5.41) is 13.8. The molecule has 0 fully saturated rings. The molecule has 10 nitrogen and oxygen atoms in total. The average Bonchev–Trinajstić information content (AvgIpc) is 2.65. The van der Waals surface area contributed by atoms with Gasteiger partial charge in [-0.15, -0.1) is 0 Å². The van der Waals surface area contributed by atoms with Crippen LogP contribution in [0.2, 0.25) is 0 Å². The molecule has 0 heterocycles. The van der Waals surface area contributed by atoms with Crippen molar-refractivity contribution in [2.75, 3.05) is 33.9 Å². The maximum atomic E-state index is 12.8. The van der Waals surface area contributed by atoms with Crippen LogP contribution in [0.5, 0.6) is 5.75 Å². The van der Waals surface area contributed by atoms with Gasteiger partial charge >= 0.3 is 11.7 Å². The van der Waals surface area contributed by atoms with Crippen molar-refractivity contribution >= 4 is 23.5 Å². The van der Waals surface area contributed by atoms with Gasteiger partial charge in [0, 0.05) is 38.2 Å². The van der Waals surface area contributed by atoms with Crippen LogP contribution in [0.4, 0.5) is 5.69 Å². The van der Waals surface area contributed by atoms with Crippen LogP contribution in [0.25, 0.3) is 0 Å². The molecule has 10 heteroatoms. The largest absolute Gasteiger partial charge is 0.490 e. The van der Waals surface area contributed by atoms with E-state index in [2.05, 4.69) is 10.1 Å². The van der Waals surface area contributed by atoms with Gasteiger partial charge in [-0.3, -0.25) is 24.5 Å². The van der Waals surface area contributed by atoms with Crippen LogP contribution in [0.1, 0.15) is 30.1 Å². The molecule has 0 atom stereocenters. The predicted molar refractivity (Wildman–Crippen MR) is 95.5 cm³/mol.